The van der Waals surface area contributed by atoms with Crippen molar-refractivity contribution in [2.75, 3.05) is 19.6 Å². The first-order valence-electron chi connectivity index (χ1n) is 8.54. The molecule has 0 amide bonds. The topological polar surface area (TPSA) is 18.5 Å². The number of hydrazine groups is 1. The average Bonchev–Trinajstić information content (AvgIpc) is 2.51. The molecule has 132 valence electrons. The summed E-state index contributed by atoms with van der Waals surface area (Å²) in [6.45, 7) is 13.1. The van der Waals surface area contributed by atoms with Gasteiger partial charge in [-0.2, -0.15) is 0 Å². The molecular weight excluding hydrogens is 308 g/mol. The summed E-state index contributed by atoms with van der Waals surface area (Å²) in [5.74, 6) is -0.679. The Morgan fingerprint density at radius 1 is 1.17 bits per heavy atom. The molecule has 0 atom stereocenters. The van der Waals surface area contributed by atoms with Gasteiger partial charge >= 0.3 is 0 Å². The van der Waals surface area contributed by atoms with Crippen LogP contribution in [0.1, 0.15) is 40.2 Å². The second-order valence-electron chi connectivity index (χ2n) is 6.44. The summed E-state index contributed by atoms with van der Waals surface area (Å²) >= 11 is 0. The predicted octanol–water partition coefficient (Wildman–Crippen LogP) is 4.36. The first kappa shape index (κ1) is 18.3. The minimum Gasteiger partial charge on any atom is -0.371 e. The van der Waals surface area contributed by atoms with Crippen LogP contribution < -0.4 is 5.43 Å². The van der Waals surface area contributed by atoms with Gasteiger partial charge < -0.3 is 4.90 Å². The van der Waals surface area contributed by atoms with Crippen LogP contribution in [0.2, 0.25) is 0 Å². The zero-order chi connectivity index (χ0) is 17.9. The summed E-state index contributed by atoms with van der Waals surface area (Å²) in [4.78, 5) is 2.24. The Hall–Kier alpha value is -2.04. The Morgan fingerprint density at radius 3 is 2.38 bits per heavy atom. The van der Waals surface area contributed by atoms with E-state index in [1.54, 1.807) is 0 Å². The largest absolute Gasteiger partial charge is 0.371 e. The quantitative estimate of drug-likeness (QED) is 0.833. The van der Waals surface area contributed by atoms with E-state index in [-0.39, 0.29) is 0 Å². The molecule has 5 heteroatoms. The smallest absolute Gasteiger partial charge is 0.135 e. The second kappa shape index (κ2) is 7.69. The Bertz CT molecular complexity index is 646. The number of halogens is 2. The maximum atomic E-state index is 14.2. The minimum atomic E-state index is -0.567. The Morgan fingerprint density at radius 2 is 1.83 bits per heavy atom. The van der Waals surface area contributed by atoms with Crippen LogP contribution in [-0.2, 0) is 0 Å². The van der Waals surface area contributed by atoms with Crippen LogP contribution in [0.5, 0.6) is 0 Å². The normalized spacial score (nSPS) is 14.8. The molecule has 0 aliphatic carbocycles. The summed E-state index contributed by atoms with van der Waals surface area (Å²) in [7, 11) is 0. The van der Waals surface area contributed by atoms with E-state index in [9.17, 15) is 8.78 Å². The Kier molecular flexibility index (Phi) is 5.86. The Labute approximate surface area is 143 Å². The van der Waals surface area contributed by atoms with Crippen molar-refractivity contribution < 1.29 is 8.78 Å². The van der Waals surface area contributed by atoms with Crippen LogP contribution in [0.4, 0.5) is 8.78 Å². The molecule has 2 rings (SSSR count). The second-order valence-corrected chi connectivity index (χ2v) is 6.44. The van der Waals surface area contributed by atoms with E-state index in [4.69, 9.17) is 0 Å². The third kappa shape index (κ3) is 3.89. The van der Waals surface area contributed by atoms with E-state index < -0.39 is 11.6 Å². The van der Waals surface area contributed by atoms with Crippen molar-refractivity contribution >= 4 is 5.70 Å². The molecule has 0 saturated heterocycles. The van der Waals surface area contributed by atoms with Gasteiger partial charge in [-0.25, -0.2) is 8.78 Å². The molecule has 0 radical (unpaired) electrons. The molecule has 1 aliphatic heterocycles. The average molecular weight is 335 g/mol. The lowest BCUT2D eigenvalue weighted by Gasteiger charge is -2.38. The molecule has 0 unspecified atom stereocenters. The van der Waals surface area contributed by atoms with Crippen molar-refractivity contribution in [3.63, 3.8) is 0 Å². The van der Waals surface area contributed by atoms with E-state index >= 15 is 0 Å². The van der Waals surface area contributed by atoms with Crippen LogP contribution >= 0.6 is 0 Å². The molecular formula is C19H27F2N3. The van der Waals surface area contributed by atoms with Crippen molar-refractivity contribution in [1.82, 2.24) is 15.3 Å². The first-order valence-corrected chi connectivity index (χ1v) is 8.54. The van der Waals surface area contributed by atoms with E-state index in [2.05, 4.69) is 50.0 Å². The lowest BCUT2D eigenvalue weighted by atomic mass is 10.1. The molecule has 0 aromatic heterocycles. The number of benzene rings is 1. The van der Waals surface area contributed by atoms with Gasteiger partial charge in [-0.05, 0) is 44.9 Å². The van der Waals surface area contributed by atoms with Gasteiger partial charge in [0.2, 0.25) is 0 Å². The van der Waals surface area contributed by atoms with Gasteiger partial charge in [0, 0.05) is 31.3 Å². The van der Waals surface area contributed by atoms with E-state index in [0.29, 0.717) is 17.2 Å². The van der Waals surface area contributed by atoms with Crippen molar-refractivity contribution in [1.29, 1.82) is 0 Å². The zero-order valence-corrected chi connectivity index (χ0v) is 15.2. The fraction of sp³-hybridized carbons (Fsp3) is 0.474. The SMILES string of the molecule is CCN(CC)C1=C(C)N(CC(C)C)NC(c2ccc(F)cc2F)=C1. The lowest BCUT2D eigenvalue weighted by molar-refractivity contribution is 0.241. The third-order valence-corrected chi connectivity index (χ3v) is 4.19. The van der Waals surface area contributed by atoms with Gasteiger partial charge in [-0.3, -0.25) is 10.4 Å². The molecule has 1 heterocycles. The minimum absolute atomic E-state index is 0.377. The summed E-state index contributed by atoms with van der Waals surface area (Å²) in [6.07, 6.45) is 1.95. The number of nitrogens with zero attached hydrogens (tertiary/aromatic N) is 2. The van der Waals surface area contributed by atoms with E-state index in [1.165, 1.54) is 12.1 Å². The molecule has 24 heavy (non-hydrogen) atoms. The summed E-state index contributed by atoms with van der Waals surface area (Å²) in [5, 5.41) is 2.05. The van der Waals surface area contributed by atoms with Crippen LogP contribution in [-0.4, -0.2) is 29.5 Å². The highest BCUT2D eigenvalue weighted by Crippen LogP contribution is 2.27. The molecule has 0 fully saturated rings. The third-order valence-electron chi connectivity index (χ3n) is 4.19. The number of hydrogen-bond donors (Lipinski definition) is 1. The molecule has 0 saturated carbocycles. The molecule has 0 bridgehead atoms. The summed E-state index contributed by atoms with van der Waals surface area (Å²) < 4.78 is 27.5. The van der Waals surface area contributed by atoms with Gasteiger partial charge in [0.1, 0.15) is 11.6 Å². The van der Waals surface area contributed by atoms with Crippen LogP contribution in [0.15, 0.2) is 35.7 Å². The zero-order valence-electron chi connectivity index (χ0n) is 15.2. The van der Waals surface area contributed by atoms with E-state index in [1.807, 2.05) is 6.08 Å². The maximum absolute atomic E-state index is 14.2. The summed E-state index contributed by atoms with van der Waals surface area (Å²) in [6, 6.07) is 3.69. The maximum Gasteiger partial charge on any atom is 0.135 e. The number of likely N-dealkylation sites (N-methyl/N-ethyl adjacent to an activating group) is 1. The van der Waals surface area contributed by atoms with Crippen LogP contribution in [0.3, 0.4) is 0 Å². The first-order chi connectivity index (χ1) is 11.4. The summed E-state index contributed by atoms with van der Waals surface area (Å²) in [5.41, 5.74) is 6.50. The lowest BCUT2D eigenvalue weighted by Crippen LogP contribution is -2.43. The fourth-order valence-electron chi connectivity index (χ4n) is 2.92. The number of allylic oxidation sites excluding steroid dienone is 2. The number of nitrogens with one attached hydrogen (secondary N) is 1. The molecule has 1 aliphatic rings. The van der Waals surface area contributed by atoms with Gasteiger partial charge in [-0.15, -0.1) is 0 Å². The van der Waals surface area contributed by atoms with Crippen LogP contribution in [0.25, 0.3) is 5.70 Å². The molecule has 0 spiro atoms. The fourth-order valence-corrected chi connectivity index (χ4v) is 2.92. The van der Waals surface area contributed by atoms with E-state index in [0.717, 1.165) is 37.1 Å². The Balaban J connectivity index is 2.49. The highest BCUT2D eigenvalue weighted by Gasteiger charge is 2.23. The number of rotatable bonds is 6. The van der Waals surface area contributed by atoms with Crippen molar-refractivity contribution in [2.45, 2.75) is 34.6 Å². The predicted molar refractivity (Wildman–Crippen MR) is 94.6 cm³/mol. The van der Waals surface area contributed by atoms with Gasteiger partial charge in [0.25, 0.3) is 0 Å². The van der Waals surface area contributed by atoms with Crippen LogP contribution in [0, 0.1) is 17.6 Å². The van der Waals surface area contributed by atoms with Gasteiger partial charge in [-0.1, -0.05) is 13.8 Å². The molecule has 1 N–H and O–H groups in total. The standard InChI is InChI=1S/C19H27F2N3/c1-6-23(7-2)19-11-18(16-9-8-15(20)10-17(16)21)22-24(14(19)5)12-13(3)4/h8-11,13,22H,6-7,12H2,1-5H3. The molecule has 3 nitrogen and oxygen atoms in total. The monoisotopic (exact) mass is 335 g/mol. The molecule has 1 aromatic carbocycles. The van der Waals surface area contributed by atoms with Crippen molar-refractivity contribution in [2.24, 2.45) is 5.92 Å². The number of hydrogen-bond acceptors (Lipinski definition) is 3. The highest BCUT2D eigenvalue weighted by atomic mass is 19.1. The van der Waals surface area contributed by atoms with Gasteiger partial charge in [0.15, 0.2) is 0 Å². The van der Waals surface area contributed by atoms with Gasteiger partial charge in [0.05, 0.1) is 17.1 Å². The molecule has 1 aromatic rings. The highest BCUT2D eigenvalue weighted by molar-refractivity contribution is 5.68. The van der Waals surface area contributed by atoms with Crippen molar-refractivity contribution in [3.05, 3.63) is 52.9 Å². The van der Waals surface area contributed by atoms with Crippen molar-refractivity contribution in [3.8, 4) is 0 Å².